The standard InChI is InChI=1S/C18H25N3/c1-2-5-14-8-10-21(11-9-14)18-17-7-4-3-6-16(17)15(12-19)13-20-18/h3-4,6-7,13-14H,2,5,8-12,19H2,1H3. The minimum absolute atomic E-state index is 0.548. The van der Waals surface area contributed by atoms with E-state index >= 15 is 0 Å². The van der Waals surface area contributed by atoms with Crippen molar-refractivity contribution in [3.63, 3.8) is 0 Å². The lowest BCUT2D eigenvalue weighted by molar-refractivity contribution is 0.377. The number of nitrogens with zero attached hydrogens (tertiary/aromatic N) is 2. The minimum Gasteiger partial charge on any atom is -0.356 e. The largest absolute Gasteiger partial charge is 0.356 e. The van der Waals surface area contributed by atoms with E-state index in [2.05, 4.69) is 36.1 Å². The Morgan fingerprint density at radius 1 is 1.19 bits per heavy atom. The first-order valence-corrected chi connectivity index (χ1v) is 8.15. The molecule has 1 saturated heterocycles. The van der Waals surface area contributed by atoms with Gasteiger partial charge in [0.1, 0.15) is 5.82 Å². The molecule has 0 radical (unpaired) electrons. The van der Waals surface area contributed by atoms with Crippen molar-refractivity contribution in [1.82, 2.24) is 4.98 Å². The van der Waals surface area contributed by atoms with E-state index in [-0.39, 0.29) is 0 Å². The molecule has 0 amide bonds. The van der Waals surface area contributed by atoms with Gasteiger partial charge in [0, 0.05) is 31.2 Å². The lowest BCUT2D eigenvalue weighted by atomic mass is 9.92. The third-order valence-electron chi connectivity index (χ3n) is 4.69. The molecular formula is C18H25N3. The normalized spacial score (nSPS) is 16.6. The summed E-state index contributed by atoms with van der Waals surface area (Å²) in [6.07, 6.45) is 7.21. The third-order valence-corrected chi connectivity index (χ3v) is 4.69. The minimum atomic E-state index is 0.548. The van der Waals surface area contributed by atoms with Gasteiger partial charge in [-0.3, -0.25) is 0 Å². The van der Waals surface area contributed by atoms with E-state index < -0.39 is 0 Å². The Labute approximate surface area is 127 Å². The van der Waals surface area contributed by atoms with Crippen molar-refractivity contribution in [2.75, 3.05) is 18.0 Å². The van der Waals surface area contributed by atoms with Gasteiger partial charge in [-0.25, -0.2) is 4.98 Å². The number of anilines is 1. The second kappa shape index (κ2) is 6.44. The number of hydrogen-bond donors (Lipinski definition) is 1. The van der Waals surface area contributed by atoms with Crippen LogP contribution in [0.15, 0.2) is 30.5 Å². The molecule has 0 saturated carbocycles. The van der Waals surface area contributed by atoms with Crippen molar-refractivity contribution >= 4 is 16.6 Å². The zero-order valence-corrected chi connectivity index (χ0v) is 12.9. The Morgan fingerprint density at radius 3 is 2.57 bits per heavy atom. The number of piperidine rings is 1. The Kier molecular flexibility index (Phi) is 4.39. The van der Waals surface area contributed by atoms with E-state index in [9.17, 15) is 0 Å². The maximum atomic E-state index is 5.84. The second-order valence-electron chi connectivity index (χ2n) is 6.08. The Balaban J connectivity index is 1.88. The quantitative estimate of drug-likeness (QED) is 0.930. The van der Waals surface area contributed by atoms with Gasteiger partial charge >= 0.3 is 0 Å². The first-order chi connectivity index (χ1) is 10.3. The molecule has 2 heterocycles. The topological polar surface area (TPSA) is 42.2 Å². The van der Waals surface area contributed by atoms with E-state index in [1.165, 1.54) is 36.5 Å². The fraction of sp³-hybridized carbons (Fsp3) is 0.500. The van der Waals surface area contributed by atoms with Crippen molar-refractivity contribution in [2.24, 2.45) is 11.7 Å². The molecular weight excluding hydrogens is 258 g/mol. The molecule has 1 fully saturated rings. The second-order valence-corrected chi connectivity index (χ2v) is 6.08. The van der Waals surface area contributed by atoms with Crippen LogP contribution in [0.3, 0.4) is 0 Å². The number of nitrogens with two attached hydrogens (primary N) is 1. The highest BCUT2D eigenvalue weighted by molar-refractivity contribution is 5.94. The molecule has 1 aliphatic rings. The summed E-state index contributed by atoms with van der Waals surface area (Å²) in [6, 6.07) is 8.51. The maximum absolute atomic E-state index is 5.84. The summed E-state index contributed by atoms with van der Waals surface area (Å²) in [5.74, 6) is 2.04. The highest BCUT2D eigenvalue weighted by Crippen LogP contribution is 2.31. The monoisotopic (exact) mass is 283 g/mol. The van der Waals surface area contributed by atoms with Crippen LogP contribution < -0.4 is 10.6 Å². The number of rotatable bonds is 4. The molecule has 1 aromatic carbocycles. The molecule has 0 spiro atoms. The van der Waals surface area contributed by atoms with Crippen molar-refractivity contribution in [1.29, 1.82) is 0 Å². The van der Waals surface area contributed by atoms with Gasteiger partial charge in [-0.1, -0.05) is 44.0 Å². The Morgan fingerprint density at radius 2 is 1.90 bits per heavy atom. The van der Waals surface area contributed by atoms with Gasteiger partial charge in [-0.15, -0.1) is 0 Å². The summed E-state index contributed by atoms with van der Waals surface area (Å²) >= 11 is 0. The van der Waals surface area contributed by atoms with Gasteiger partial charge in [0.2, 0.25) is 0 Å². The van der Waals surface area contributed by atoms with Crippen LogP contribution in [0.4, 0.5) is 5.82 Å². The summed E-state index contributed by atoms with van der Waals surface area (Å²) in [4.78, 5) is 7.17. The number of hydrogen-bond acceptors (Lipinski definition) is 3. The molecule has 2 N–H and O–H groups in total. The van der Waals surface area contributed by atoms with Gasteiger partial charge in [-0.05, 0) is 29.7 Å². The fourth-order valence-electron chi connectivity index (χ4n) is 3.49. The van der Waals surface area contributed by atoms with Crippen LogP contribution in [0.25, 0.3) is 10.8 Å². The van der Waals surface area contributed by atoms with Crippen molar-refractivity contribution in [3.05, 3.63) is 36.0 Å². The van der Waals surface area contributed by atoms with Gasteiger partial charge < -0.3 is 10.6 Å². The smallest absolute Gasteiger partial charge is 0.136 e. The highest BCUT2D eigenvalue weighted by atomic mass is 15.2. The van der Waals surface area contributed by atoms with E-state index in [1.54, 1.807) is 0 Å². The summed E-state index contributed by atoms with van der Waals surface area (Å²) < 4.78 is 0. The van der Waals surface area contributed by atoms with Crippen LogP contribution >= 0.6 is 0 Å². The first kappa shape index (κ1) is 14.3. The first-order valence-electron chi connectivity index (χ1n) is 8.15. The van der Waals surface area contributed by atoms with Crippen LogP contribution in [0, 0.1) is 5.92 Å². The molecule has 1 aromatic heterocycles. The van der Waals surface area contributed by atoms with Gasteiger partial charge in [0.15, 0.2) is 0 Å². The predicted molar refractivity (Wildman–Crippen MR) is 89.5 cm³/mol. The number of aromatic nitrogens is 1. The van der Waals surface area contributed by atoms with E-state index in [0.29, 0.717) is 6.54 Å². The summed E-state index contributed by atoms with van der Waals surface area (Å²) in [6.45, 7) is 5.09. The molecule has 3 nitrogen and oxygen atoms in total. The Bertz CT molecular complexity index is 600. The lowest BCUT2D eigenvalue weighted by Crippen LogP contribution is -2.34. The van der Waals surface area contributed by atoms with Gasteiger partial charge in [-0.2, -0.15) is 0 Å². The number of fused-ring (bicyclic) bond motifs is 1. The highest BCUT2D eigenvalue weighted by Gasteiger charge is 2.21. The van der Waals surface area contributed by atoms with Crippen molar-refractivity contribution in [2.45, 2.75) is 39.2 Å². The zero-order chi connectivity index (χ0) is 14.7. The summed E-state index contributed by atoms with van der Waals surface area (Å²) in [5.41, 5.74) is 6.98. The van der Waals surface area contributed by atoms with Crippen molar-refractivity contribution in [3.8, 4) is 0 Å². The van der Waals surface area contributed by atoms with Crippen molar-refractivity contribution < 1.29 is 0 Å². The maximum Gasteiger partial charge on any atom is 0.136 e. The van der Waals surface area contributed by atoms with Gasteiger partial charge in [0.05, 0.1) is 0 Å². The van der Waals surface area contributed by atoms with Crippen LogP contribution in [-0.2, 0) is 6.54 Å². The molecule has 0 aliphatic carbocycles. The van der Waals surface area contributed by atoms with E-state index in [1.807, 2.05) is 6.20 Å². The SMILES string of the molecule is CCCC1CCN(c2ncc(CN)c3ccccc23)CC1. The number of benzene rings is 1. The van der Waals surface area contributed by atoms with Crippen LogP contribution in [0.2, 0.25) is 0 Å². The summed E-state index contributed by atoms with van der Waals surface area (Å²) in [7, 11) is 0. The van der Waals surface area contributed by atoms with E-state index in [0.717, 1.165) is 30.4 Å². The molecule has 21 heavy (non-hydrogen) atoms. The van der Waals surface area contributed by atoms with E-state index in [4.69, 9.17) is 10.7 Å². The fourth-order valence-corrected chi connectivity index (χ4v) is 3.49. The molecule has 1 aliphatic heterocycles. The molecule has 0 bridgehead atoms. The molecule has 3 heteroatoms. The average Bonchev–Trinajstić information content (AvgIpc) is 2.55. The lowest BCUT2D eigenvalue weighted by Gasteiger charge is -2.33. The molecule has 2 aromatic rings. The summed E-state index contributed by atoms with van der Waals surface area (Å²) in [5, 5.41) is 2.50. The van der Waals surface area contributed by atoms with Crippen LogP contribution in [-0.4, -0.2) is 18.1 Å². The average molecular weight is 283 g/mol. The predicted octanol–water partition coefficient (Wildman–Crippen LogP) is 3.71. The van der Waals surface area contributed by atoms with Gasteiger partial charge in [0.25, 0.3) is 0 Å². The molecule has 0 atom stereocenters. The van der Waals surface area contributed by atoms with Crippen LogP contribution in [0.5, 0.6) is 0 Å². The molecule has 112 valence electrons. The molecule has 3 rings (SSSR count). The van der Waals surface area contributed by atoms with Crippen LogP contribution in [0.1, 0.15) is 38.2 Å². The molecule has 0 unspecified atom stereocenters. The zero-order valence-electron chi connectivity index (χ0n) is 12.9. The Hall–Kier alpha value is -1.61. The third kappa shape index (κ3) is 2.88. The number of pyridine rings is 1.